The van der Waals surface area contributed by atoms with Crippen molar-refractivity contribution in [3.05, 3.63) is 0 Å². The van der Waals surface area contributed by atoms with Crippen molar-refractivity contribution in [1.29, 1.82) is 0 Å². The van der Waals surface area contributed by atoms with Crippen LogP contribution in [0.4, 0.5) is 0 Å². The summed E-state index contributed by atoms with van der Waals surface area (Å²) in [5.41, 5.74) is 6.79. The fourth-order valence-corrected chi connectivity index (χ4v) is 5.78. The largest absolute Gasteiger partial charge is 0.377 e. The summed E-state index contributed by atoms with van der Waals surface area (Å²) in [5, 5.41) is 0. The SMILES string of the molecule is COC1(C(N)C2CCOC3(CCSCC3)C2)CCCC1. The molecule has 3 nitrogen and oxygen atoms in total. The van der Waals surface area contributed by atoms with Crippen LogP contribution in [0.2, 0.25) is 0 Å². The number of ether oxygens (including phenoxy) is 2. The van der Waals surface area contributed by atoms with Crippen LogP contribution in [0, 0.1) is 5.92 Å². The Hall–Kier alpha value is 0.230. The first-order valence-corrected chi connectivity index (χ1v) is 9.38. The van der Waals surface area contributed by atoms with Crippen molar-refractivity contribution >= 4 is 11.8 Å². The molecule has 2 atom stereocenters. The molecule has 0 aromatic carbocycles. The third-order valence-electron chi connectivity index (χ3n) is 5.91. The molecule has 0 radical (unpaired) electrons. The fraction of sp³-hybridized carbons (Fsp3) is 1.00. The molecule has 2 unspecified atom stereocenters. The molecule has 2 aliphatic heterocycles. The van der Waals surface area contributed by atoms with E-state index in [4.69, 9.17) is 15.2 Å². The van der Waals surface area contributed by atoms with Gasteiger partial charge in [0.2, 0.25) is 0 Å². The van der Waals surface area contributed by atoms with Gasteiger partial charge in [0.05, 0.1) is 11.2 Å². The molecule has 4 heteroatoms. The van der Waals surface area contributed by atoms with Gasteiger partial charge in [-0.25, -0.2) is 0 Å². The van der Waals surface area contributed by atoms with Gasteiger partial charge in [-0.2, -0.15) is 11.8 Å². The third kappa shape index (κ3) is 2.77. The maximum absolute atomic E-state index is 6.70. The second-order valence-electron chi connectivity index (χ2n) is 6.90. The minimum absolute atomic E-state index is 0.0490. The molecule has 20 heavy (non-hydrogen) atoms. The second kappa shape index (κ2) is 6.15. The quantitative estimate of drug-likeness (QED) is 0.870. The van der Waals surface area contributed by atoms with Crippen LogP contribution in [0.3, 0.4) is 0 Å². The molecule has 3 fully saturated rings. The highest BCUT2D eigenvalue weighted by molar-refractivity contribution is 7.99. The maximum Gasteiger partial charge on any atom is 0.0831 e. The molecule has 1 aliphatic carbocycles. The van der Waals surface area contributed by atoms with Crippen LogP contribution in [0.15, 0.2) is 0 Å². The zero-order chi connectivity index (χ0) is 14.1. The molecule has 3 aliphatic rings. The Kier molecular flexibility index (Phi) is 4.66. The van der Waals surface area contributed by atoms with E-state index in [0.717, 1.165) is 32.3 Å². The molecule has 2 N–H and O–H groups in total. The van der Waals surface area contributed by atoms with Gasteiger partial charge in [-0.1, -0.05) is 12.8 Å². The van der Waals surface area contributed by atoms with Gasteiger partial charge in [0, 0.05) is 19.8 Å². The molecule has 0 bridgehead atoms. The molecule has 0 aromatic rings. The van der Waals surface area contributed by atoms with Gasteiger partial charge < -0.3 is 15.2 Å². The molecule has 3 rings (SSSR count). The van der Waals surface area contributed by atoms with Crippen molar-refractivity contribution in [3.63, 3.8) is 0 Å². The average molecular weight is 299 g/mol. The van der Waals surface area contributed by atoms with Crippen LogP contribution in [-0.4, -0.2) is 42.5 Å². The summed E-state index contributed by atoms with van der Waals surface area (Å²) in [7, 11) is 1.86. The van der Waals surface area contributed by atoms with Crippen LogP contribution < -0.4 is 5.73 Å². The molecule has 1 saturated carbocycles. The average Bonchev–Trinajstić information content (AvgIpc) is 2.97. The smallest absolute Gasteiger partial charge is 0.0831 e. The lowest BCUT2D eigenvalue weighted by Crippen LogP contribution is -2.56. The van der Waals surface area contributed by atoms with E-state index < -0.39 is 0 Å². The zero-order valence-corrected chi connectivity index (χ0v) is 13.6. The van der Waals surface area contributed by atoms with Crippen molar-refractivity contribution in [2.45, 2.75) is 68.6 Å². The summed E-state index contributed by atoms with van der Waals surface area (Å²) in [6.07, 6.45) is 9.51. The fourth-order valence-electron chi connectivity index (χ4n) is 4.54. The lowest BCUT2D eigenvalue weighted by Gasteiger charge is -2.48. The number of methoxy groups -OCH3 is 1. The minimum Gasteiger partial charge on any atom is -0.377 e. The lowest BCUT2D eigenvalue weighted by molar-refractivity contribution is -0.124. The lowest BCUT2D eigenvalue weighted by atomic mass is 9.73. The summed E-state index contributed by atoms with van der Waals surface area (Å²) < 4.78 is 12.1. The zero-order valence-electron chi connectivity index (χ0n) is 12.7. The van der Waals surface area contributed by atoms with Crippen molar-refractivity contribution in [2.75, 3.05) is 25.2 Å². The monoisotopic (exact) mass is 299 g/mol. The van der Waals surface area contributed by atoms with Gasteiger partial charge >= 0.3 is 0 Å². The van der Waals surface area contributed by atoms with E-state index in [1.54, 1.807) is 0 Å². The highest BCUT2D eigenvalue weighted by Gasteiger charge is 2.47. The van der Waals surface area contributed by atoms with Crippen molar-refractivity contribution in [3.8, 4) is 0 Å². The number of hydrogen-bond acceptors (Lipinski definition) is 4. The first kappa shape index (κ1) is 15.1. The predicted octanol–water partition coefficient (Wildman–Crippen LogP) is 2.97. The van der Waals surface area contributed by atoms with Gasteiger partial charge in [-0.15, -0.1) is 0 Å². The summed E-state index contributed by atoms with van der Waals surface area (Å²) >= 11 is 2.07. The molecule has 0 amide bonds. The Morgan fingerprint density at radius 3 is 2.55 bits per heavy atom. The normalized spacial score (nSPS) is 34.2. The van der Waals surface area contributed by atoms with Gasteiger partial charge in [0.1, 0.15) is 0 Å². The summed E-state index contributed by atoms with van der Waals surface area (Å²) in [5.74, 6) is 3.07. The predicted molar refractivity (Wildman–Crippen MR) is 84.1 cm³/mol. The second-order valence-corrected chi connectivity index (χ2v) is 8.12. The van der Waals surface area contributed by atoms with E-state index in [0.29, 0.717) is 5.92 Å². The molecular formula is C16H29NO2S. The molecule has 1 spiro atoms. The first-order chi connectivity index (χ1) is 9.70. The van der Waals surface area contributed by atoms with Crippen LogP contribution in [-0.2, 0) is 9.47 Å². The van der Waals surface area contributed by atoms with Gasteiger partial charge in [-0.3, -0.25) is 0 Å². The first-order valence-electron chi connectivity index (χ1n) is 8.22. The topological polar surface area (TPSA) is 44.5 Å². The van der Waals surface area contributed by atoms with Crippen molar-refractivity contribution in [1.82, 2.24) is 0 Å². The van der Waals surface area contributed by atoms with Crippen LogP contribution in [0.5, 0.6) is 0 Å². The Labute approximate surface area is 127 Å². The number of nitrogens with two attached hydrogens (primary N) is 1. The van der Waals surface area contributed by atoms with E-state index >= 15 is 0 Å². The Balaban J connectivity index is 1.69. The molecule has 2 heterocycles. The number of thioether (sulfide) groups is 1. The Morgan fingerprint density at radius 2 is 1.90 bits per heavy atom. The number of rotatable bonds is 3. The van der Waals surface area contributed by atoms with E-state index in [2.05, 4.69) is 11.8 Å². The molecule has 2 saturated heterocycles. The van der Waals surface area contributed by atoms with Crippen molar-refractivity contribution in [2.24, 2.45) is 11.7 Å². The van der Waals surface area contributed by atoms with Crippen LogP contribution in [0.25, 0.3) is 0 Å². The minimum atomic E-state index is -0.0490. The highest BCUT2D eigenvalue weighted by atomic mass is 32.2. The van der Waals surface area contributed by atoms with E-state index in [9.17, 15) is 0 Å². The van der Waals surface area contributed by atoms with Gasteiger partial charge in [-0.05, 0) is 55.9 Å². The molecular weight excluding hydrogens is 270 g/mol. The van der Waals surface area contributed by atoms with Gasteiger partial charge in [0.15, 0.2) is 0 Å². The standard InChI is InChI=1S/C16H29NO2S/c1-18-16(5-2-3-6-16)14(17)13-4-9-19-15(12-13)7-10-20-11-8-15/h13-14H,2-12,17H2,1H3. The van der Waals surface area contributed by atoms with Crippen LogP contribution in [0.1, 0.15) is 51.4 Å². The third-order valence-corrected chi connectivity index (χ3v) is 6.89. The Morgan fingerprint density at radius 1 is 1.20 bits per heavy atom. The van der Waals surface area contributed by atoms with E-state index in [-0.39, 0.29) is 17.2 Å². The Bertz CT molecular complexity index is 319. The molecule has 0 aromatic heterocycles. The number of hydrogen-bond donors (Lipinski definition) is 1. The highest BCUT2D eigenvalue weighted by Crippen LogP contribution is 2.45. The van der Waals surface area contributed by atoms with Gasteiger partial charge in [0.25, 0.3) is 0 Å². The maximum atomic E-state index is 6.70. The summed E-state index contributed by atoms with van der Waals surface area (Å²) in [6.45, 7) is 0.892. The van der Waals surface area contributed by atoms with E-state index in [1.165, 1.54) is 37.2 Å². The van der Waals surface area contributed by atoms with E-state index in [1.807, 2.05) is 7.11 Å². The molecule has 116 valence electrons. The summed E-state index contributed by atoms with van der Waals surface area (Å²) in [6, 6.07) is 0.186. The van der Waals surface area contributed by atoms with Crippen LogP contribution >= 0.6 is 11.8 Å². The van der Waals surface area contributed by atoms with Crippen molar-refractivity contribution < 1.29 is 9.47 Å². The summed E-state index contributed by atoms with van der Waals surface area (Å²) in [4.78, 5) is 0.